The lowest BCUT2D eigenvalue weighted by Gasteiger charge is -2.30. The molecule has 1 fully saturated rings. The van der Waals surface area contributed by atoms with E-state index in [9.17, 15) is 9.59 Å². The number of fused-ring (bicyclic) bond motifs is 1. The molecule has 7 heteroatoms. The van der Waals surface area contributed by atoms with Gasteiger partial charge in [-0.2, -0.15) is 0 Å². The van der Waals surface area contributed by atoms with Gasteiger partial charge in [0.25, 0.3) is 0 Å². The average Bonchev–Trinajstić information content (AvgIpc) is 3.02. The number of amides is 2. The Morgan fingerprint density at radius 3 is 2.96 bits per heavy atom. The van der Waals surface area contributed by atoms with Crippen LogP contribution < -0.4 is 5.32 Å². The minimum Gasteiger partial charge on any atom is -0.481 e. The van der Waals surface area contributed by atoms with Crippen molar-refractivity contribution in [3.05, 3.63) is 30.5 Å². The summed E-state index contributed by atoms with van der Waals surface area (Å²) < 4.78 is 7.20. The van der Waals surface area contributed by atoms with Crippen molar-refractivity contribution in [1.29, 1.82) is 0 Å². The molecule has 2 amide bonds. The number of hydrogen-bond acceptors (Lipinski definition) is 3. The lowest BCUT2D eigenvalue weighted by Crippen LogP contribution is -2.44. The van der Waals surface area contributed by atoms with Crippen molar-refractivity contribution in [2.45, 2.75) is 19.4 Å². The van der Waals surface area contributed by atoms with E-state index in [1.165, 1.54) is 0 Å². The quantitative estimate of drug-likeness (QED) is 0.872. The number of methoxy groups -OCH3 is 1. The smallest absolute Gasteiger partial charge is 0.321 e. The second kappa shape index (κ2) is 7.57. The fourth-order valence-corrected chi connectivity index (χ4v) is 3.21. The number of benzene rings is 1. The third-order valence-corrected chi connectivity index (χ3v) is 4.62. The number of carboxylic acids is 1. The molecule has 0 bridgehead atoms. The van der Waals surface area contributed by atoms with Crippen molar-refractivity contribution in [2.24, 2.45) is 5.92 Å². The summed E-state index contributed by atoms with van der Waals surface area (Å²) in [5.41, 5.74) is 1.73. The summed E-state index contributed by atoms with van der Waals surface area (Å²) in [7, 11) is 1.67. The topological polar surface area (TPSA) is 83.8 Å². The minimum absolute atomic E-state index is 0.250. The van der Waals surface area contributed by atoms with Gasteiger partial charge in [-0.25, -0.2) is 4.79 Å². The van der Waals surface area contributed by atoms with E-state index < -0.39 is 11.9 Å². The molecule has 7 nitrogen and oxygen atoms in total. The number of anilines is 1. The number of carboxylic acid groups (broad SMARTS) is 1. The number of likely N-dealkylation sites (tertiary alicyclic amines) is 1. The fraction of sp³-hybridized carbons (Fsp3) is 0.444. The Labute approximate surface area is 146 Å². The summed E-state index contributed by atoms with van der Waals surface area (Å²) in [6.45, 7) is 2.20. The van der Waals surface area contributed by atoms with E-state index in [0.717, 1.165) is 17.4 Å². The van der Waals surface area contributed by atoms with Crippen LogP contribution in [0, 0.1) is 5.92 Å². The number of carbonyl (C=O) groups is 2. The van der Waals surface area contributed by atoms with Gasteiger partial charge >= 0.3 is 12.0 Å². The molecule has 0 radical (unpaired) electrons. The zero-order valence-electron chi connectivity index (χ0n) is 14.3. The maximum atomic E-state index is 12.5. The number of aliphatic carboxylic acids is 1. The van der Waals surface area contributed by atoms with Gasteiger partial charge in [0.2, 0.25) is 0 Å². The van der Waals surface area contributed by atoms with Gasteiger partial charge in [0.1, 0.15) is 0 Å². The van der Waals surface area contributed by atoms with E-state index in [2.05, 4.69) is 9.88 Å². The van der Waals surface area contributed by atoms with Gasteiger partial charge in [-0.3, -0.25) is 4.79 Å². The van der Waals surface area contributed by atoms with Crippen molar-refractivity contribution in [3.63, 3.8) is 0 Å². The molecule has 1 aliphatic heterocycles. The second-order valence-corrected chi connectivity index (χ2v) is 6.33. The fourth-order valence-electron chi connectivity index (χ4n) is 3.21. The Kier molecular flexibility index (Phi) is 5.23. The Morgan fingerprint density at radius 2 is 2.20 bits per heavy atom. The standard InChI is InChI=1S/C18H23N3O4/c1-25-10-9-20-8-6-13-4-5-15(11-16(13)20)19-18(24)21-7-2-3-14(12-21)17(22)23/h4-6,8,11,14H,2-3,7,9-10,12H2,1H3,(H,19,24)(H,22,23). The molecule has 2 N–H and O–H groups in total. The Bertz CT molecular complexity index is 771. The highest BCUT2D eigenvalue weighted by Crippen LogP contribution is 2.22. The number of rotatable bonds is 5. The molecule has 1 atom stereocenters. The summed E-state index contributed by atoms with van der Waals surface area (Å²) in [4.78, 5) is 25.2. The van der Waals surface area contributed by atoms with Crippen LogP contribution in [-0.4, -0.2) is 53.4 Å². The molecule has 0 saturated carbocycles. The van der Waals surface area contributed by atoms with Crippen LogP contribution in [0.15, 0.2) is 30.5 Å². The SMILES string of the molecule is COCCn1ccc2ccc(NC(=O)N3CCCC(C(=O)O)C3)cc21. The lowest BCUT2D eigenvalue weighted by atomic mass is 9.99. The number of ether oxygens (including phenoxy) is 1. The number of piperidine rings is 1. The summed E-state index contributed by atoms with van der Waals surface area (Å²) in [5, 5.41) is 13.1. The molecular formula is C18H23N3O4. The first kappa shape index (κ1) is 17.3. The first-order chi connectivity index (χ1) is 12.1. The van der Waals surface area contributed by atoms with Gasteiger partial charge in [-0.05, 0) is 36.4 Å². The van der Waals surface area contributed by atoms with Gasteiger partial charge in [0.05, 0.1) is 18.0 Å². The predicted molar refractivity (Wildman–Crippen MR) is 94.8 cm³/mol. The van der Waals surface area contributed by atoms with E-state index >= 15 is 0 Å². The van der Waals surface area contributed by atoms with Crippen LogP contribution in [0.1, 0.15) is 12.8 Å². The maximum Gasteiger partial charge on any atom is 0.321 e. The minimum atomic E-state index is -0.838. The average molecular weight is 345 g/mol. The summed E-state index contributed by atoms with van der Waals surface area (Å²) in [6.07, 6.45) is 3.33. The summed E-state index contributed by atoms with van der Waals surface area (Å²) in [5.74, 6) is -1.32. The van der Waals surface area contributed by atoms with Crippen LogP contribution in [0.5, 0.6) is 0 Å². The highest BCUT2D eigenvalue weighted by atomic mass is 16.5. The number of hydrogen-bond donors (Lipinski definition) is 2. The van der Waals surface area contributed by atoms with Crippen LogP contribution in [0.3, 0.4) is 0 Å². The van der Waals surface area contributed by atoms with Gasteiger partial charge < -0.3 is 24.6 Å². The van der Waals surface area contributed by atoms with Crippen LogP contribution in [0.4, 0.5) is 10.5 Å². The van der Waals surface area contributed by atoms with Crippen LogP contribution in [-0.2, 0) is 16.1 Å². The second-order valence-electron chi connectivity index (χ2n) is 6.33. The van der Waals surface area contributed by atoms with E-state index in [4.69, 9.17) is 9.84 Å². The zero-order chi connectivity index (χ0) is 17.8. The Balaban J connectivity index is 1.71. The molecule has 0 aliphatic carbocycles. The van der Waals surface area contributed by atoms with E-state index in [1.807, 2.05) is 30.5 Å². The molecule has 1 aliphatic rings. The molecule has 134 valence electrons. The molecule has 2 aromatic rings. The maximum absolute atomic E-state index is 12.5. The van der Waals surface area contributed by atoms with Gasteiger partial charge in [0.15, 0.2) is 0 Å². The first-order valence-electron chi connectivity index (χ1n) is 8.45. The van der Waals surface area contributed by atoms with Crippen molar-refractivity contribution in [1.82, 2.24) is 9.47 Å². The normalized spacial score (nSPS) is 17.6. The Morgan fingerprint density at radius 1 is 1.36 bits per heavy atom. The molecule has 0 spiro atoms. The van der Waals surface area contributed by atoms with Crippen LogP contribution in [0.25, 0.3) is 10.9 Å². The highest BCUT2D eigenvalue weighted by molar-refractivity contribution is 5.93. The van der Waals surface area contributed by atoms with Crippen molar-refractivity contribution in [2.75, 3.05) is 32.1 Å². The van der Waals surface area contributed by atoms with Crippen LogP contribution in [0.2, 0.25) is 0 Å². The largest absolute Gasteiger partial charge is 0.481 e. The van der Waals surface area contributed by atoms with Gasteiger partial charge in [-0.15, -0.1) is 0 Å². The predicted octanol–water partition coefficient (Wildman–Crippen LogP) is 2.62. The molecule has 3 rings (SSSR count). The molecule has 1 saturated heterocycles. The number of nitrogens with zero attached hydrogens (tertiary/aromatic N) is 2. The van der Waals surface area contributed by atoms with Crippen molar-refractivity contribution in [3.8, 4) is 0 Å². The van der Waals surface area contributed by atoms with E-state index in [1.54, 1.807) is 12.0 Å². The summed E-state index contributed by atoms with van der Waals surface area (Å²) >= 11 is 0. The number of aromatic nitrogens is 1. The molecule has 1 aromatic heterocycles. The third kappa shape index (κ3) is 3.93. The molecule has 25 heavy (non-hydrogen) atoms. The first-order valence-corrected chi connectivity index (χ1v) is 8.45. The molecule has 1 unspecified atom stereocenters. The van der Waals surface area contributed by atoms with Crippen molar-refractivity contribution >= 4 is 28.6 Å². The monoisotopic (exact) mass is 345 g/mol. The van der Waals surface area contributed by atoms with E-state index in [0.29, 0.717) is 31.7 Å². The molecule has 1 aromatic carbocycles. The van der Waals surface area contributed by atoms with Crippen LogP contribution >= 0.6 is 0 Å². The zero-order valence-corrected chi connectivity index (χ0v) is 14.3. The molecule has 2 heterocycles. The number of urea groups is 1. The lowest BCUT2D eigenvalue weighted by molar-refractivity contribution is -0.143. The number of nitrogens with one attached hydrogen (secondary N) is 1. The van der Waals surface area contributed by atoms with E-state index in [-0.39, 0.29) is 12.6 Å². The number of carbonyl (C=O) groups excluding carboxylic acids is 1. The van der Waals surface area contributed by atoms with Gasteiger partial charge in [0, 0.05) is 38.6 Å². The van der Waals surface area contributed by atoms with Gasteiger partial charge in [-0.1, -0.05) is 6.07 Å². The molecular weight excluding hydrogens is 322 g/mol. The third-order valence-electron chi connectivity index (χ3n) is 4.62. The Hall–Kier alpha value is -2.54. The summed E-state index contributed by atoms with van der Waals surface area (Å²) in [6, 6.07) is 7.53. The highest BCUT2D eigenvalue weighted by Gasteiger charge is 2.28. The van der Waals surface area contributed by atoms with Crippen molar-refractivity contribution < 1.29 is 19.4 Å².